The smallest absolute Gasteiger partial charge is 0.265 e. The number of carbonyl (C=O) groups excluding carboxylic acids is 1. The standard InChI is InChI=1S/C16H23N3O2/c17-18-16(20)13-2-1-3-15(10-13)21-9-8-19(14-6-7-14)11-12-4-5-12/h1-3,10,12,14H,4-9,11,17H2,(H,18,20). The zero-order valence-corrected chi connectivity index (χ0v) is 12.3. The first-order valence-electron chi connectivity index (χ1n) is 7.74. The quantitative estimate of drug-likeness (QED) is 0.433. The highest BCUT2D eigenvalue weighted by molar-refractivity contribution is 5.94. The summed E-state index contributed by atoms with van der Waals surface area (Å²) < 4.78 is 5.79. The number of amides is 1. The Balaban J connectivity index is 1.48. The van der Waals surface area contributed by atoms with E-state index in [-0.39, 0.29) is 5.91 Å². The summed E-state index contributed by atoms with van der Waals surface area (Å²) >= 11 is 0. The van der Waals surface area contributed by atoms with E-state index in [1.165, 1.54) is 32.2 Å². The van der Waals surface area contributed by atoms with Crippen LogP contribution in [0.15, 0.2) is 24.3 Å². The molecule has 0 saturated heterocycles. The molecule has 1 aromatic rings. The molecule has 0 spiro atoms. The summed E-state index contributed by atoms with van der Waals surface area (Å²) in [4.78, 5) is 14.0. The maximum Gasteiger partial charge on any atom is 0.265 e. The number of nitrogens with zero attached hydrogens (tertiary/aromatic N) is 1. The van der Waals surface area contributed by atoms with Crippen LogP contribution in [0.2, 0.25) is 0 Å². The highest BCUT2D eigenvalue weighted by atomic mass is 16.5. The molecule has 2 aliphatic carbocycles. The molecule has 2 aliphatic rings. The number of benzene rings is 1. The lowest BCUT2D eigenvalue weighted by Crippen LogP contribution is -2.32. The van der Waals surface area contributed by atoms with Gasteiger partial charge in [0.2, 0.25) is 0 Å². The van der Waals surface area contributed by atoms with E-state index in [1.807, 2.05) is 12.1 Å². The molecular formula is C16H23N3O2. The predicted molar refractivity (Wildman–Crippen MR) is 80.9 cm³/mol. The molecule has 5 nitrogen and oxygen atoms in total. The van der Waals surface area contributed by atoms with Crippen LogP contribution in [0.4, 0.5) is 0 Å². The van der Waals surface area contributed by atoms with Crippen molar-refractivity contribution in [1.82, 2.24) is 10.3 Å². The largest absolute Gasteiger partial charge is 0.492 e. The fourth-order valence-corrected chi connectivity index (χ4v) is 2.59. The van der Waals surface area contributed by atoms with Gasteiger partial charge in [0, 0.05) is 24.7 Å². The fraction of sp³-hybridized carbons (Fsp3) is 0.562. The van der Waals surface area contributed by atoms with Crippen molar-refractivity contribution in [2.45, 2.75) is 31.7 Å². The first-order chi connectivity index (χ1) is 10.3. The van der Waals surface area contributed by atoms with E-state index >= 15 is 0 Å². The molecule has 1 amide bonds. The average molecular weight is 289 g/mol. The number of nitrogens with one attached hydrogen (secondary N) is 1. The Kier molecular flexibility index (Phi) is 4.41. The van der Waals surface area contributed by atoms with Gasteiger partial charge >= 0.3 is 0 Å². The molecule has 0 aromatic heterocycles. The van der Waals surface area contributed by atoms with Crippen LogP contribution in [0.1, 0.15) is 36.0 Å². The van der Waals surface area contributed by atoms with Crippen LogP contribution < -0.4 is 16.0 Å². The van der Waals surface area contributed by atoms with E-state index in [0.717, 1.165) is 24.3 Å². The monoisotopic (exact) mass is 289 g/mol. The van der Waals surface area contributed by atoms with Crippen LogP contribution in [0.5, 0.6) is 5.75 Å². The van der Waals surface area contributed by atoms with Gasteiger partial charge in [0.25, 0.3) is 5.91 Å². The molecule has 21 heavy (non-hydrogen) atoms. The van der Waals surface area contributed by atoms with Gasteiger partial charge in [-0.2, -0.15) is 0 Å². The van der Waals surface area contributed by atoms with Gasteiger partial charge in [0.15, 0.2) is 0 Å². The molecule has 1 aromatic carbocycles. The van der Waals surface area contributed by atoms with E-state index in [4.69, 9.17) is 10.6 Å². The molecule has 0 heterocycles. The summed E-state index contributed by atoms with van der Waals surface area (Å²) in [5.41, 5.74) is 2.65. The van der Waals surface area contributed by atoms with Gasteiger partial charge in [-0.1, -0.05) is 6.07 Å². The first kappa shape index (κ1) is 14.4. The molecule has 0 bridgehead atoms. The molecule has 114 valence electrons. The van der Waals surface area contributed by atoms with Crippen molar-refractivity contribution in [3.63, 3.8) is 0 Å². The summed E-state index contributed by atoms with van der Waals surface area (Å²) in [7, 11) is 0. The molecule has 0 aliphatic heterocycles. The number of hydrazine groups is 1. The molecule has 3 rings (SSSR count). The molecule has 5 heteroatoms. The van der Waals surface area contributed by atoms with Gasteiger partial charge in [-0.25, -0.2) is 5.84 Å². The Hall–Kier alpha value is -1.59. The van der Waals surface area contributed by atoms with Crippen LogP contribution in [0.3, 0.4) is 0 Å². The molecule has 0 radical (unpaired) electrons. The average Bonchev–Trinajstić information content (AvgIpc) is 3.38. The number of hydrogen-bond acceptors (Lipinski definition) is 4. The minimum atomic E-state index is -0.297. The fourth-order valence-electron chi connectivity index (χ4n) is 2.59. The predicted octanol–water partition coefficient (Wildman–Crippen LogP) is 1.54. The van der Waals surface area contributed by atoms with E-state index in [1.54, 1.807) is 12.1 Å². The second-order valence-corrected chi connectivity index (χ2v) is 6.02. The Morgan fingerprint density at radius 1 is 1.33 bits per heavy atom. The topological polar surface area (TPSA) is 67.6 Å². The molecule has 0 unspecified atom stereocenters. The van der Waals surface area contributed by atoms with Gasteiger partial charge in [0.1, 0.15) is 12.4 Å². The maximum atomic E-state index is 11.5. The van der Waals surface area contributed by atoms with Gasteiger partial charge in [-0.15, -0.1) is 0 Å². The summed E-state index contributed by atoms with van der Waals surface area (Å²) in [6, 6.07) is 7.91. The number of rotatable bonds is 8. The summed E-state index contributed by atoms with van der Waals surface area (Å²) in [6.45, 7) is 2.86. The summed E-state index contributed by atoms with van der Waals surface area (Å²) in [6.07, 6.45) is 5.44. The van der Waals surface area contributed by atoms with Gasteiger partial charge < -0.3 is 4.74 Å². The Morgan fingerprint density at radius 3 is 2.81 bits per heavy atom. The van der Waals surface area contributed by atoms with Crippen LogP contribution in [0, 0.1) is 5.92 Å². The van der Waals surface area contributed by atoms with Gasteiger partial charge in [0.05, 0.1) is 0 Å². The lowest BCUT2D eigenvalue weighted by atomic mass is 10.2. The minimum absolute atomic E-state index is 0.297. The minimum Gasteiger partial charge on any atom is -0.492 e. The van der Waals surface area contributed by atoms with Crippen LogP contribution >= 0.6 is 0 Å². The second kappa shape index (κ2) is 6.45. The molecule has 2 saturated carbocycles. The normalized spacial score (nSPS) is 17.8. The highest BCUT2D eigenvalue weighted by Gasteiger charge is 2.33. The van der Waals surface area contributed by atoms with E-state index in [2.05, 4.69) is 10.3 Å². The van der Waals surface area contributed by atoms with E-state index in [0.29, 0.717) is 12.2 Å². The zero-order chi connectivity index (χ0) is 14.7. The maximum absolute atomic E-state index is 11.5. The van der Waals surface area contributed by atoms with Crippen molar-refractivity contribution < 1.29 is 9.53 Å². The lowest BCUT2D eigenvalue weighted by Gasteiger charge is -2.21. The van der Waals surface area contributed by atoms with Crippen LogP contribution in [-0.2, 0) is 0 Å². The molecule has 3 N–H and O–H groups in total. The third-order valence-electron chi connectivity index (χ3n) is 4.13. The Labute approximate surface area is 125 Å². The van der Waals surface area contributed by atoms with Crippen LogP contribution in [0.25, 0.3) is 0 Å². The van der Waals surface area contributed by atoms with E-state index < -0.39 is 0 Å². The number of carbonyl (C=O) groups is 1. The third-order valence-corrected chi connectivity index (χ3v) is 4.13. The van der Waals surface area contributed by atoms with E-state index in [9.17, 15) is 4.79 Å². The van der Waals surface area contributed by atoms with Crippen molar-refractivity contribution in [3.8, 4) is 5.75 Å². The lowest BCUT2D eigenvalue weighted by molar-refractivity contribution is 0.0953. The summed E-state index contributed by atoms with van der Waals surface area (Å²) in [5, 5.41) is 0. The van der Waals surface area contributed by atoms with Gasteiger partial charge in [-0.05, 0) is 49.8 Å². The van der Waals surface area contributed by atoms with Crippen molar-refractivity contribution >= 4 is 5.91 Å². The Morgan fingerprint density at radius 2 is 2.14 bits per heavy atom. The highest BCUT2D eigenvalue weighted by Crippen LogP contribution is 2.34. The van der Waals surface area contributed by atoms with Crippen LogP contribution in [-0.4, -0.2) is 36.5 Å². The molecule has 0 atom stereocenters. The number of nitrogens with two attached hydrogens (primary N) is 1. The van der Waals surface area contributed by atoms with Crippen molar-refractivity contribution in [2.24, 2.45) is 11.8 Å². The SMILES string of the molecule is NNC(=O)c1cccc(OCCN(CC2CC2)C2CC2)c1. The third kappa shape index (κ3) is 4.19. The van der Waals surface area contributed by atoms with Crippen molar-refractivity contribution in [1.29, 1.82) is 0 Å². The summed E-state index contributed by atoms with van der Waals surface area (Å²) in [5.74, 6) is 6.48. The number of ether oxygens (including phenoxy) is 1. The molecular weight excluding hydrogens is 266 g/mol. The van der Waals surface area contributed by atoms with Gasteiger partial charge in [-0.3, -0.25) is 15.1 Å². The number of hydrogen-bond donors (Lipinski definition) is 2. The number of nitrogen functional groups attached to an aromatic ring is 1. The first-order valence-corrected chi connectivity index (χ1v) is 7.74. The zero-order valence-electron chi connectivity index (χ0n) is 12.3. The Bertz CT molecular complexity index is 498. The second-order valence-electron chi connectivity index (χ2n) is 6.02. The molecule has 2 fully saturated rings. The van der Waals surface area contributed by atoms with Crippen molar-refractivity contribution in [2.75, 3.05) is 19.7 Å². The van der Waals surface area contributed by atoms with Crippen molar-refractivity contribution in [3.05, 3.63) is 29.8 Å².